The summed E-state index contributed by atoms with van der Waals surface area (Å²) in [5.74, 6) is 0.407. The molecular formula is C21H25N3O3. The number of anilines is 2. The highest BCUT2D eigenvalue weighted by atomic mass is 16.5. The van der Waals surface area contributed by atoms with Gasteiger partial charge in [0.1, 0.15) is 5.75 Å². The van der Waals surface area contributed by atoms with Crippen LogP contribution in [0.2, 0.25) is 0 Å². The lowest BCUT2D eigenvalue weighted by molar-refractivity contribution is -0.118. The molecule has 0 bridgehead atoms. The number of carbonyl (C=O) groups is 2. The molecule has 27 heavy (non-hydrogen) atoms. The molecule has 6 nitrogen and oxygen atoms in total. The third kappa shape index (κ3) is 6.42. The van der Waals surface area contributed by atoms with Crippen LogP contribution in [0.3, 0.4) is 0 Å². The summed E-state index contributed by atoms with van der Waals surface area (Å²) < 4.78 is 5.41. The van der Waals surface area contributed by atoms with Crippen molar-refractivity contribution in [1.82, 2.24) is 4.90 Å². The number of amides is 2. The zero-order valence-electron chi connectivity index (χ0n) is 15.3. The molecule has 142 valence electrons. The van der Waals surface area contributed by atoms with Crippen LogP contribution in [-0.4, -0.2) is 43.0 Å². The number of nitrogens with one attached hydrogen (secondary N) is 2. The number of nitrogens with zero attached hydrogens (tertiary/aromatic N) is 1. The van der Waals surface area contributed by atoms with E-state index in [1.807, 2.05) is 18.2 Å². The lowest BCUT2D eigenvalue weighted by Gasteiger charge is -2.25. The van der Waals surface area contributed by atoms with Crippen molar-refractivity contribution in [2.45, 2.75) is 19.3 Å². The fourth-order valence-electron chi connectivity index (χ4n) is 3.02. The summed E-state index contributed by atoms with van der Waals surface area (Å²) in [6, 6.07) is 16.3. The van der Waals surface area contributed by atoms with E-state index >= 15 is 0 Å². The van der Waals surface area contributed by atoms with Gasteiger partial charge in [0.15, 0.2) is 6.61 Å². The molecule has 0 aliphatic carbocycles. The number of hydrogen-bond donors (Lipinski definition) is 2. The summed E-state index contributed by atoms with van der Waals surface area (Å²) >= 11 is 0. The maximum atomic E-state index is 12.1. The van der Waals surface area contributed by atoms with E-state index in [0.717, 1.165) is 31.6 Å². The maximum absolute atomic E-state index is 12.1. The van der Waals surface area contributed by atoms with Gasteiger partial charge in [-0.15, -0.1) is 0 Å². The molecule has 1 heterocycles. The number of rotatable bonds is 7. The van der Waals surface area contributed by atoms with Crippen molar-refractivity contribution in [3.05, 3.63) is 54.6 Å². The first-order chi connectivity index (χ1) is 13.2. The van der Waals surface area contributed by atoms with Crippen molar-refractivity contribution >= 4 is 23.2 Å². The van der Waals surface area contributed by atoms with Crippen LogP contribution in [-0.2, 0) is 9.59 Å². The number of piperidine rings is 1. The monoisotopic (exact) mass is 367 g/mol. The number of carbonyl (C=O) groups excluding carboxylic acids is 2. The van der Waals surface area contributed by atoms with Crippen LogP contribution >= 0.6 is 0 Å². The Kier molecular flexibility index (Phi) is 6.82. The lowest BCUT2D eigenvalue weighted by Crippen LogP contribution is -2.36. The Morgan fingerprint density at radius 2 is 1.41 bits per heavy atom. The van der Waals surface area contributed by atoms with Gasteiger partial charge in [0.2, 0.25) is 5.91 Å². The molecular weight excluding hydrogens is 342 g/mol. The van der Waals surface area contributed by atoms with Crippen molar-refractivity contribution in [3.8, 4) is 5.75 Å². The Bertz CT molecular complexity index is 741. The van der Waals surface area contributed by atoms with Crippen LogP contribution in [0.5, 0.6) is 5.75 Å². The van der Waals surface area contributed by atoms with Crippen molar-refractivity contribution in [2.24, 2.45) is 0 Å². The second-order valence-electron chi connectivity index (χ2n) is 6.61. The Balaban J connectivity index is 1.42. The predicted octanol–water partition coefficient (Wildman–Crippen LogP) is 3.13. The molecule has 2 N–H and O–H groups in total. The average Bonchev–Trinajstić information content (AvgIpc) is 2.69. The molecule has 1 fully saturated rings. The molecule has 1 aliphatic heterocycles. The van der Waals surface area contributed by atoms with Crippen molar-refractivity contribution in [1.29, 1.82) is 0 Å². The number of para-hydroxylation sites is 1. The third-order valence-electron chi connectivity index (χ3n) is 4.38. The summed E-state index contributed by atoms with van der Waals surface area (Å²) in [5, 5.41) is 5.67. The highest BCUT2D eigenvalue weighted by Gasteiger charge is 2.13. The molecule has 1 aliphatic rings. The van der Waals surface area contributed by atoms with Gasteiger partial charge in [-0.1, -0.05) is 24.6 Å². The second kappa shape index (κ2) is 9.73. The summed E-state index contributed by atoms with van der Waals surface area (Å²) in [4.78, 5) is 26.3. The molecule has 0 saturated carbocycles. The molecule has 2 aromatic rings. The van der Waals surface area contributed by atoms with Gasteiger partial charge >= 0.3 is 0 Å². The van der Waals surface area contributed by atoms with Gasteiger partial charge in [-0.25, -0.2) is 0 Å². The zero-order valence-corrected chi connectivity index (χ0v) is 15.3. The SMILES string of the molecule is O=C(COc1ccccc1)Nc1ccc(NC(=O)CN2CCCCC2)cc1. The van der Waals surface area contributed by atoms with Gasteiger partial charge in [-0.2, -0.15) is 0 Å². The van der Waals surface area contributed by atoms with Crippen LogP contribution in [0.15, 0.2) is 54.6 Å². The number of benzene rings is 2. The van der Waals surface area contributed by atoms with Crippen molar-refractivity contribution < 1.29 is 14.3 Å². The molecule has 2 aromatic carbocycles. The van der Waals surface area contributed by atoms with Crippen LogP contribution in [0.1, 0.15) is 19.3 Å². The van der Waals surface area contributed by atoms with Gasteiger partial charge in [0.05, 0.1) is 6.54 Å². The minimum Gasteiger partial charge on any atom is -0.484 e. The van der Waals surface area contributed by atoms with E-state index in [9.17, 15) is 9.59 Å². The maximum Gasteiger partial charge on any atom is 0.262 e. The molecule has 6 heteroatoms. The topological polar surface area (TPSA) is 70.7 Å². The van der Waals surface area contributed by atoms with E-state index in [0.29, 0.717) is 18.0 Å². The predicted molar refractivity (Wildman–Crippen MR) is 106 cm³/mol. The largest absolute Gasteiger partial charge is 0.484 e. The summed E-state index contributed by atoms with van der Waals surface area (Å²) in [5.41, 5.74) is 1.38. The van der Waals surface area contributed by atoms with E-state index in [2.05, 4.69) is 15.5 Å². The van der Waals surface area contributed by atoms with E-state index in [-0.39, 0.29) is 18.4 Å². The van der Waals surface area contributed by atoms with Gasteiger partial charge in [-0.05, 0) is 62.3 Å². The van der Waals surface area contributed by atoms with E-state index in [4.69, 9.17) is 4.74 Å². The normalized spacial score (nSPS) is 14.4. The van der Waals surface area contributed by atoms with Gasteiger partial charge in [-0.3, -0.25) is 14.5 Å². The molecule has 1 saturated heterocycles. The van der Waals surface area contributed by atoms with Crippen molar-refractivity contribution in [3.63, 3.8) is 0 Å². The quantitative estimate of drug-likeness (QED) is 0.789. The van der Waals surface area contributed by atoms with Gasteiger partial charge in [0.25, 0.3) is 5.91 Å². The summed E-state index contributed by atoms with van der Waals surface area (Å²) in [6.07, 6.45) is 3.58. The molecule has 0 aromatic heterocycles. The first-order valence-corrected chi connectivity index (χ1v) is 9.29. The number of ether oxygens (including phenoxy) is 1. The molecule has 3 rings (SSSR count). The summed E-state index contributed by atoms with van der Waals surface area (Å²) in [6.45, 7) is 2.35. The first kappa shape index (κ1) is 18.9. The zero-order chi connectivity index (χ0) is 18.9. The lowest BCUT2D eigenvalue weighted by atomic mass is 10.1. The number of likely N-dealkylation sites (tertiary alicyclic amines) is 1. The minimum atomic E-state index is -0.235. The van der Waals surface area contributed by atoms with Crippen LogP contribution in [0.4, 0.5) is 11.4 Å². The molecule has 2 amide bonds. The van der Waals surface area contributed by atoms with Gasteiger partial charge in [0, 0.05) is 11.4 Å². The van der Waals surface area contributed by atoms with E-state index < -0.39 is 0 Å². The second-order valence-corrected chi connectivity index (χ2v) is 6.61. The fraction of sp³-hybridized carbons (Fsp3) is 0.333. The van der Waals surface area contributed by atoms with Gasteiger partial charge < -0.3 is 15.4 Å². The Morgan fingerprint density at radius 1 is 0.815 bits per heavy atom. The fourth-order valence-corrected chi connectivity index (χ4v) is 3.02. The molecule has 0 unspecified atom stereocenters. The third-order valence-corrected chi connectivity index (χ3v) is 4.38. The Labute approximate surface area is 159 Å². The van der Waals surface area contributed by atoms with Crippen LogP contribution < -0.4 is 15.4 Å². The number of hydrogen-bond acceptors (Lipinski definition) is 4. The summed E-state index contributed by atoms with van der Waals surface area (Å²) in [7, 11) is 0. The van der Waals surface area contributed by atoms with Crippen LogP contribution in [0, 0.1) is 0 Å². The average molecular weight is 367 g/mol. The highest BCUT2D eigenvalue weighted by molar-refractivity contribution is 5.94. The first-order valence-electron chi connectivity index (χ1n) is 9.29. The standard InChI is InChI=1S/C21H25N3O3/c25-20(15-24-13-5-2-6-14-24)22-17-9-11-18(12-10-17)23-21(26)16-27-19-7-3-1-4-8-19/h1,3-4,7-12H,2,5-6,13-16H2,(H,22,25)(H,23,26). The smallest absolute Gasteiger partial charge is 0.262 e. The minimum absolute atomic E-state index is 0.00931. The molecule has 0 radical (unpaired) electrons. The highest BCUT2D eigenvalue weighted by Crippen LogP contribution is 2.15. The molecule has 0 spiro atoms. The molecule has 0 atom stereocenters. The Morgan fingerprint density at radius 3 is 2.04 bits per heavy atom. The van der Waals surface area contributed by atoms with E-state index in [1.54, 1.807) is 36.4 Å². The Hall–Kier alpha value is -2.86. The van der Waals surface area contributed by atoms with Crippen LogP contribution in [0.25, 0.3) is 0 Å². The van der Waals surface area contributed by atoms with Crippen molar-refractivity contribution in [2.75, 3.05) is 36.9 Å². The van der Waals surface area contributed by atoms with E-state index in [1.165, 1.54) is 6.42 Å².